The van der Waals surface area contributed by atoms with Gasteiger partial charge in [-0.3, -0.25) is 0 Å². The van der Waals surface area contributed by atoms with Crippen LogP contribution in [0.1, 0.15) is 67.2 Å². The second-order valence-corrected chi connectivity index (χ2v) is 8.41. The van der Waals surface area contributed by atoms with Crippen molar-refractivity contribution in [2.45, 2.75) is 67.2 Å². The van der Waals surface area contributed by atoms with E-state index in [4.69, 9.17) is 0 Å². The van der Waals surface area contributed by atoms with Crippen molar-refractivity contribution < 1.29 is 0 Å². The lowest BCUT2D eigenvalue weighted by molar-refractivity contribution is 0.148. The average molecular weight is 342 g/mol. The molecule has 2 heterocycles. The molecule has 0 atom stereocenters. The molecule has 0 saturated carbocycles. The second-order valence-electron chi connectivity index (χ2n) is 8.41. The van der Waals surface area contributed by atoms with Crippen molar-refractivity contribution in [2.24, 2.45) is 11.8 Å². The summed E-state index contributed by atoms with van der Waals surface area (Å²) in [4.78, 5) is 7.61. The van der Waals surface area contributed by atoms with Crippen LogP contribution in [-0.4, -0.2) is 74.1 Å². The van der Waals surface area contributed by atoms with Crippen LogP contribution in [0.25, 0.3) is 0 Å². The lowest BCUT2D eigenvalue weighted by Crippen LogP contribution is -2.44. The van der Waals surface area contributed by atoms with E-state index in [0.29, 0.717) is 0 Å². The Morgan fingerprint density at radius 2 is 1.04 bits per heavy atom. The van der Waals surface area contributed by atoms with Gasteiger partial charge in [-0.2, -0.15) is 0 Å². The third-order valence-corrected chi connectivity index (χ3v) is 5.09. The van der Waals surface area contributed by atoms with Crippen molar-refractivity contribution in [3.63, 3.8) is 0 Å². The molecule has 0 spiro atoms. The Morgan fingerprint density at radius 1 is 0.625 bits per heavy atom. The zero-order valence-corrected chi connectivity index (χ0v) is 16.7. The molecule has 0 aromatic carbocycles. The third kappa shape index (κ3) is 12.3. The minimum absolute atomic E-state index is 0. The first-order valence-electron chi connectivity index (χ1n) is 10.1. The minimum atomic E-state index is 0. The lowest BCUT2D eigenvalue weighted by atomic mass is 10.1. The Balaban J connectivity index is 0.000000425. The van der Waals surface area contributed by atoms with E-state index < -0.39 is 0 Å². The highest BCUT2D eigenvalue weighted by molar-refractivity contribution is 4.69. The Bertz CT molecular complexity index is 264. The fourth-order valence-corrected chi connectivity index (χ4v) is 3.14. The Labute approximate surface area is 153 Å². The van der Waals surface area contributed by atoms with Gasteiger partial charge < -0.3 is 14.7 Å². The molecule has 2 fully saturated rings. The molecular weight excluding hydrogens is 294 g/mol. The first-order chi connectivity index (χ1) is 11.0. The number of likely N-dealkylation sites (tertiary alicyclic amines) is 1. The Kier molecular flexibility index (Phi) is 14.0. The predicted octanol–water partition coefficient (Wildman–Crippen LogP) is 4.43. The van der Waals surface area contributed by atoms with Gasteiger partial charge in [-0.05, 0) is 70.7 Å². The number of nitrogens with zero attached hydrogens (tertiary/aromatic N) is 3. The summed E-state index contributed by atoms with van der Waals surface area (Å²) in [5.74, 6) is 1.72. The van der Waals surface area contributed by atoms with Gasteiger partial charge in [0.05, 0.1) is 0 Å². The zero-order chi connectivity index (χ0) is 17.1. The molecule has 0 amide bonds. The van der Waals surface area contributed by atoms with Crippen LogP contribution in [0, 0.1) is 11.8 Å². The van der Waals surface area contributed by atoms with E-state index in [9.17, 15) is 0 Å². The number of piperidine rings is 1. The van der Waals surface area contributed by atoms with Gasteiger partial charge >= 0.3 is 0 Å². The number of likely N-dealkylation sites (N-methyl/N-ethyl adjacent to an activating group) is 1. The number of hydrogen-bond acceptors (Lipinski definition) is 3. The molecule has 2 aliphatic heterocycles. The molecule has 3 nitrogen and oxygen atoms in total. The first kappa shape index (κ1) is 23.9. The molecule has 0 radical (unpaired) electrons. The van der Waals surface area contributed by atoms with E-state index >= 15 is 0 Å². The molecule has 0 unspecified atom stereocenters. The van der Waals surface area contributed by atoms with Gasteiger partial charge in [0.25, 0.3) is 0 Å². The molecule has 3 heteroatoms. The summed E-state index contributed by atoms with van der Waals surface area (Å²) in [5, 5.41) is 0. The van der Waals surface area contributed by atoms with Crippen molar-refractivity contribution >= 4 is 0 Å². The van der Waals surface area contributed by atoms with E-state index in [1.807, 2.05) is 0 Å². The maximum absolute atomic E-state index is 2.61. The molecule has 2 rings (SSSR count). The van der Waals surface area contributed by atoms with Crippen molar-refractivity contribution in [2.75, 3.05) is 59.4 Å². The summed E-state index contributed by atoms with van der Waals surface area (Å²) in [7, 11) is 2.21. The molecule has 2 saturated heterocycles. The predicted molar refractivity (Wildman–Crippen MR) is 110 cm³/mol. The number of hydrogen-bond donors (Lipinski definition) is 0. The fourth-order valence-electron chi connectivity index (χ4n) is 3.14. The van der Waals surface area contributed by atoms with Crippen LogP contribution >= 0.6 is 0 Å². The summed E-state index contributed by atoms with van der Waals surface area (Å²) in [6, 6.07) is 0. The molecule has 0 aliphatic carbocycles. The summed E-state index contributed by atoms with van der Waals surface area (Å²) in [6.07, 6.45) is 7.04. The highest BCUT2D eigenvalue weighted by Gasteiger charge is 2.13. The molecule has 2 aliphatic rings. The first-order valence-corrected chi connectivity index (χ1v) is 10.1. The fraction of sp³-hybridized carbons (Fsp3) is 1.00. The van der Waals surface area contributed by atoms with E-state index in [0.717, 1.165) is 11.8 Å². The maximum Gasteiger partial charge on any atom is 0.0110 e. The highest BCUT2D eigenvalue weighted by Crippen LogP contribution is 2.10. The van der Waals surface area contributed by atoms with Crippen LogP contribution in [0.15, 0.2) is 0 Å². The van der Waals surface area contributed by atoms with Crippen LogP contribution in [0.4, 0.5) is 0 Å². The highest BCUT2D eigenvalue weighted by atomic mass is 15.2. The summed E-state index contributed by atoms with van der Waals surface area (Å²) in [5.41, 5.74) is 0. The van der Waals surface area contributed by atoms with Gasteiger partial charge in [-0.25, -0.2) is 0 Å². The largest absolute Gasteiger partial charge is 0.304 e. The summed E-state index contributed by atoms with van der Waals surface area (Å²) >= 11 is 0. The second kappa shape index (κ2) is 14.1. The normalized spacial score (nSPS) is 20.6. The van der Waals surface area contributed by atoms with E-state index in [-0.39, 0.29) is 7.43 Å². The van der Waals surface area contributed by atoms with E-state index in [1.165, 1.54) is 84.5 Å². The van der Waals surface area contributed by atoms with Gasteiger partial charge in [-0.15, -0.1) is 0 Å². The minimum Gasteiger partial charge on any atom is -0.304 e. The van der Waals surface area contributed by atoms with Gasteiger partial charge in [-0.1, -0.05) is 41.5 Å². The topological polar surface area (TPSA) is 9.72 Å². The van der Waals surface area contributed by atoms with E-state index in [1.54, 1.807) is 0 Å². The standard InChI is InChI=1S/C10H22N2.C10H21N.CH4/c1-10(2)4-5-12-8-6-11(3)7-9-12;1-10(2)6-9-11-7-4-3-5-8-11;/h10H,4-9H2,1-3H3;10H,3-9H2,1-2H3;1H4. The van der Waals surface area contributed by atoms with Gasteiger partial charge in [0, 0.05) is 26.2 Å². The molecular formula is C21H47N3. The number of piperazine rings is 1. The van der Waals surface area contributed by atoms with Crippen molar-refractivity contribution in [3.8, 4) is 0 Å². The van der Waals surface area contributed by atoms with Gasteiger partial charge in [0.15, 0.2) is 0 Å². The smallest absolute Gasteiger partial charge is 0.0110 e. The lowest BCUT2D eigenvalue weighted by Gasteiger charge is -2.32. The molecule has 146 valence electrons. The summed E-state index contributed by atoms with van der Waals surface area (Å²) in [6.45, 7) is 19.6. The van der Waals surface area contributed by atoms with Crippen LogP contribution in [0.5, 0.6) is 0 Å². The molecule has 24 heavy (non-hydrogen) atoms. The van der Waals surface area contributed by atoms with Crippen LogP contribution in [0.2, 0.25) is 0 Å². The number of rotatable bonds is 6. The maximum atomic E-state index is 2.61. The van der Waals surface area contributed by atoms with Crippen molar-refractivity contribution in [1.29, 1.82) is 0 Å². The SMILES string of the molecule is C.CC(C)CCN1CCCCC1.CC(C)CCN1CCN(C)CC1. The Morgan fingerprint density at radius 3 is 1.46 bits per heavy atom. The van der Waals surface area contributed by atoms with Gasteiger partial charge in [0.1, 0.15) is 0 Å². The monoisotopic (exact) mass is 341 g/mol. The van der Waals surface area contributed by atoms with Crippen LogP contribution in [-0.2, 0) is 0 Å². The Hall–Kier alpha value is -0.120. The summed E-state index contributed by atoms with van der Waals surface area (Å²) < 4.78 is 0. The average Bonchev–Trinajstić information content (AvgIpc) is 2.54. The van der Waals surface area contributed by atoms with Crippen molar-refractivity contribution in [3.05, 3.63) is 0 Å². The van der Waals surface area contributed by atoms with Crippen molar-refractivity contribution in [1.82, 2.24) is 14.7 Å². The quantitative estimate of drug-likeness (QED) is 0.707. The van der Waals surface area contributed by atoms with E-state index in [2.05, 4.69) is 49.4 Å². The van der Waals surface area contributed by atoms with Gasteiger partial charge in [0.2, 0.25) is 0 Å². The van der Waals surface area contributed by atoms with Crippen LogP contribution < -0.4 is 0 Å². The molecule has 0 aromatic rings. The molecule has 0 N–H and O–H groups in total. The van der Waals surface area contributed by atoms with Crippen LogP contribution in [0.3, 0.4) is 0 Å². The molecule has 0 aromatic heterocycles. The zero-order valence-electron chi connectivity index (χ0n) is 16.7. The third-order valence-electron chi connectivity index (χ3n) is 5.09. The molecule has 0 bridgehead atoms.